The summed E-state index contributed by atoms with van der Waals surface area (Å²) >= 11 is 0.987. The molecule has 36 heavy (non-hydrogen) atoms. The second kappa shape index (κ2) is 9.15. The van der Waals surface area contributed by atoms with E-state index < -0.39 is 27.6 Å². The maximum absolute atomic E-state index is 13.2. The molecule has 5 rings (SSSR count). The number of hydrogen-bond acceptors (Lipinski definition) is 8. The molecule has 0 saturated carbocycles. The van der Waals surface area contributed by atoms with Crippen LogP contribution in [-0.2, 0) is 33.1 Å². The lowest BCUT2D eigenvalue weighted by atomic mass is 9.98. The van der Waals surface area contributed by atoms with Crippen molar-refractivity contribution in [3.8, 4) is 17.0 Å². The minimum atomic E-state index is -3.60. The molecule has 11 nitrogen and oxygen atoms in total. The van der Waals surface area contributed by atoms with Gasteiger partial charge in [-0.2, -0.15) is 0 Å². The van der Waals surface area contributed by atoms with E-state index in [9.17, 15) is 13.8 Å². The van der Waals surface area contributed by atoms with Crippen molar-refractivity contribution in [1.29, 1.82) is 0 Å². The minimum absolute atomic E-state index is 0.106. The van der Waals surface area contributed by atoms with E-state index in [4.69, 9.17) is 14.6 Å². The fraction of sp³-hybridized carbons (Fsp3) is 0.304. The summed E-state index contributed by atoms with van der Waals surface area (Å²) in [6, 6.07) is 6.75. The van der Waals surface area contributed by atoms with Gasteiger partial charge in [0.05, 0.1) is 25.5 Å². The summed E-state index contributed by atoms with van der Waals surface area (Å²) in [6.45, 7) is 1.89. The third kappa shape index (κ3) is 4.52. The molecule has 2 unspecified atom stereocenters. The molecule has 2 aromatic heterocycles. The van der Waals surface area contributed by atoms with Crippen LogP contribution in [0.3, 0.4) is 0 Å². The van der Waals surface area contributed by atoms with E-state index >= 15 is 0 Å². The van der Waals surface area contributed by atoms with Crippen LogP contribution in [0, 0.1) is 0 Å². The largest absolute Gasteiger partial charge is 0.481 e. The number of alkyl carbamates (subject to hydrolysis) is 1. The first-order valence-corrected chi connectivity index (χ1v) is 13.5. The smallest absolute Gasteiger partial charge is 0.408 e. The molecule has 2 atom stereocenters. The zero-order valence-electron chi connectivity index (χ0n) is 19.6. The molecule has 13 heteroatoms. The van der Waals surface area contributed by atoms with Crippen LogP contribution in [0.5, 0.6) is 5.88 Å². The van der Waals surface area contributed by atoms with Gasteiger partial charge in [-0.25, -0.2) is 28.9 Å². The Kier molecular flexibility index (Phi) is 6.14. The van der Waals surface area contributed by atoms with Gasteiger partial charge in [0.2, 0.25) is 5.88 Å². The van der Waals surface area contributed by atoms with E-state index in [1.165, 1.54) is 13.3 Å². The number of methoxy groups -OCH3 is 1. The van der Waals surface area contributed by atoms with Gasteiger partial charge in [0.25, 0.3) is 0 Å². The monoisotopic (exact) mass is 528 g/mol. The topological polar surface area (TPSA) is 158 Å². The number of ether oxygens (including phenoxy) is 2. The van der Waals surface area contributed by atoms with Crippen molar-refractivity contribution in [3.63, 3.8) is 0 Å². The Morgan fingerprint density at radius 3 is 2.92 bits per heavy atom. The summed E-state index contributed by atoms with van der Waals surface area (Å²) in [6.07, 6.45) is 5.03. The Morgan fingerprint density at radius 1 is 1.33 bits per heavy atom. The molecule has 0 radical (unpaired) electrons. The molecule has 3 aromatic rings. The molecule has 1 aromatic carbocycles. The summed E-state index contributed by atoms with van der Waals surface area (Å²) in [5.41, 5.74) is 3.32. The minimum Gasteiger partial charge on any atom is -0.481 e. The lowest BCUT2D eigenvalue weighted by molar-refractivity contribution is 0.0702. The lowest BCUT2D eigenvalue weighted by Crippen LogP contribution is -2.25. The summed E-state index contributed by atoms with van der Waals surface area (Å²) < 4.78 is 27.7. The molecule has 1 aliphatic heterocycles. The van der Waals surface area contributed by atoms with Crippen LogP contribution in [0.25, 0.3) is 11.1 Å². The fourth-order valence-corrected chi connectivity index (χ4v) is 6.46. The second-order valence-electron chi connectivity index (χ2n) is 8.61. The number of amides is 3. The number of pyridine rings is 1. The number of carbonyl (C=O) groups is 2. The number of nitrogens with one attached hydrogen (secondary N) is 2. The highest BCUT2D eigenvalue weighted by Gasteiger charge is 2.40. The lowest BCUT2D eigenvalue weighted by Gasteiger charge is -2.17. The predicted molar refractivity (Wildman–Crippen MR) is 134 cm³/mol. The van der Waals surface area contributed by atoms with E-state index in [2.05, 4.69) is 25.0 Å². The number of carbonyl (C=O) groups excluding carboxylic acids is 2. The van der Waals surface area contributed by atoms with Crippen LogP contribution in [0.2, 0.25) is 0 Å². The number of anilines is 1. The molecule has 1 aliphatic carbocycles. The summed E-state index contributed by atoms with van der Waals surface area (Å²) in [7, 11) is -2.07. The van der Waals surface area contributed by atoms with Crippen LogP contribution < -0.4 is 20.5 Å². The van der Waals surface area contributed by atoms with Gasteiger partial charge in [0.15, 0.2) is 15.5 Å². The molecule has 1 saturated heterocycles. The third-order valence-electron chi connectivity index (χ3n) is 6.10. The van der Waals surface area contributed by atoms with Crippen molar-refractivity contribution in [2.45, 2.75) is 36.0 Å². The first-order chi connectivity index (χ1) is 17.2. The zero-order valence-corrected chi connectivity index (χ0v) is 21.2. The summed E-state index contributed by atoms with van der Waals surface area (Å²) in [4.78, 5) is 32.9. The van der Waals surface area contributed by atoms with Crippen molar-refractivity contribution < 1.29 is 23.3 Å². The van der Waals surface area contributed by atoms with Crippen molar-refractivity contribution in [2.24, 2.45) is 9.50 Å². The van der Waals surface area contributed by atoms with Crippen LogP contribution in [-0.4, -0.2) is 40.0 Å². The molecule has 0 spiro atoms. The summed E-state index contributed by atoms with van der Waals surface area (Å²) in [5, 5.41) is 11.8. The fourth-order valence-electron chi connectivity index (χ4n) is 4.31. The highest BCUT2D eigenvalue weighted by Crippen LogP contribution is 2.38. The zero-order chi connectivity index (χ0) is 25.5. The van der Waals surface area contributed by atoms with Gasteiger partial charge >= 0.3 is 12.1 Å². The molecular formula is C23H24N6O5S2. The maximum Gasteiger partial charge on any atom is 0.408 e. The van der Waals surface area contributed by atoms with E-state index in [-0.39, 0.29) is 10.8 Å². The van der Waals surface area contributed by atoms with Crippen LogP contribution in [0.1, 0.15) is 29.5 Å². The van der Waals surface area contributed by atoms with E-state index in [1.807, 2.05) is 18.2 Å². The van der Waals surface area contributed by atoms with Crippen LogP contribution in [0.15, 0.2) is 45.2 Å². The highest BCUT2D eigenvalue weighted by atomic mass is 32.2. The van der Waals surface area contributed by atoms with Gasteiger partial charge in [0, 0.05) is 17.8 Å². The normalized spacial score (nSPS) is 20.1. The van der Waals surface area contributed by atoms with Gasteiger partial charge in [-0.1, -0.05) is 12.1 Å². The molecule has 4 N–H and O–H groups in total. The van der Waals surface area contributed by atoms with Crippen molar-refractivity contribution in [3.05, 3.63) is 52.8 Å². The number of cyclic esters (lactones) is 1. The Morgan fingerprint density at radius 2 is 2.17 bits per heavy atom. The number of nitrogens with zero attached hydrogens (tertiary/aromatic N) is 3. The number of aryl methyl sites for hydroxylation is 1. The Balaban J connectivity index is 1.47. The van der Waals surface area contributed by atoms with Crippen molar-refractivity contribution in [2.75, 3.05) is 19.0 Å². The number of thiazole rings is 1. The first-order valence-electron chi connectivity index (χ1n) is 11.1. The predicted octanol–water partition coefficient (Wildman–Crippen LogP) is 3.59. The Bertz CT molecular complexity index is 1500. The number of urea groups is 1. The molecule has 3 heterocycles. The molecular weight excluding hydrogens is 504 g/mol. The van der Waals surface area contributed by atoms with E-state index in [0.29, 0.717) is 16.6 Å². The maximum atomic E-state index is 13.2. The number of hydrogen-bond donors (Lipinski definition) is 3. The third-order valence-corrected chi connectivity index (χ3v) is 9.22. The second-order valence-corrected chi connectivity index (χ2v) is 11.7. The molecule has 188 valence electrons. The number of rotatable bonds is 5. The van der Waals surface area contributed by atoms with E-state index in [0.717, 1.165) is 52.9 Å². The van der Waals surface area contributed by atoms with Gasteiger partial charge < -0.3 is 20.1 Å². The van der Waals surface area contributed by atoms with Crippen molar-refractivity contribution >= 4 is 39.1 Å². The first kappa shape index (κ1) is 24.2. The van der Waals surface area contributed by atoms with Gasteiger partial charge in [0.1, 0.15) is 9.22 Å². The van der Waals surface area contributed by atoms with Crippen LogP contribution in [0.4, 0.5) is 15.3 Å². The SMILES string of the molecule is COc1cc(-c2ccc3c(c2NC(=O)N=S(N)(=O)c2cnc(C4(C)CNC(=O)O4)s2)CCC3)ccn1. The van der Waals surface area contributed by atoms with Crippen LogP contribution >= 0.6 is 11.3 Å². The highest BCUT2D eigenvalue weighted by molar-refractivity contribution is 7.93. The molecule has 3 amide bonds. The Labute approximate surface area is 211 Å². The molecule has 0 bridgehead atoms. The standard InChI is InChI=1S/C23H24N6O5S2/c1-23(12-27-22(31)34-23)20-26-11-18(35-20)36(24,32)29-21(30)28-19-15-5-3-4-13(15)6-7-16(19)14-8-9-25-17(10-14)33-2/h6-11H,3-5,12H2,1-2H3,(H,27,31)(H3,24,28,29,30,32). The number of aromatic nitrogens is 2. The summed E-state index contributed by atoms with van der Waals surface area (Å²) in [5.74, 6) is 0.442. The quantitative estimate of drug-likeness (QED) is 0.456. The molecule has 2 aliphatic rings. The molecule has 1 fully saturated rings. The van der Waals surface area contributed by atoms with Gasteiger partial charge in [-0.3, -0.25) is 0 Å². The van der Waals surface area contributed by atoms with Gasteiger partial charge in [-0.05, 0) is 48.9 Å². The number of benzene rings is 1. The van der Waals surface area contributed by atoms with Gasteiger partial charge in [-0.15, -0.1) is 15.7 Å². The Hall–Kier alpha value is -3.55. The average Bonchev–Trinajstić information content (AvgIpc) is 3.59. The van der Waals surface area contributed by atoms with Crippen molar-refractivity contribution in [1.82, 2.24) is 15.3 Å². The average molecular weight is 529 g/mol. The number of nitrogens with two attached hydrogens (primary N) is 1. The number of fused-ring (bicyclic) bond motifs is 1. The van der Waals surface area contributed by atoms with E-state index in [1.54, 1.807) is 19.2 Å².